The van der Waals surface area contributed by atoms with Crippen LogP contribution in [0, 0.1) is 10.1 Å². The lowest BCUT2D eigenvalue weighted by Crippen LogP contribution is -2.50. The second-order valence-corrected chi connectivity index (χ2v) is 7.50. The molecule has 150 valence electrons. The van der Waals surface area contributed by atoms with Crippen molar-refractivity contribution in [2.45, 2.75) is 25.7 Å². The third kappa shape index (κ3) is 3.80. The lowest BCUT2D eigenvalue weighted by atomic mass is 10.2. The molecule has 0 atom stereocenters. The number of fused-ring (bicyclic) bond motifs is 1. The summed E-state index contributed by atoms with van der Waals surface area (Å²) >= 11 is 0. The van der Waals surface area contributed by atoms with Gasteiger partial charge in [-0.05, 0) is 23.8 Å². The number of anilines is 1. The summed E-state index contributed by atoms with van der Waals surface area (Å²) in [5.74, 6) is 0.619. The van der Waals surface area contributed by atoms with Gasteiger partial charge in [0.15, 0.2) is 0 Å². The van der Waals surface area contributed by atoms with Gasteiger partial charge in [0.05, 0.1) is 12.7 Å². The topological polar surface area (TPSA) is 87.2 Å². The largest absolute Gasteiger partial charge is 0.372 e. The first-order valence-corrected chi connectivity index (χ1v) is 10.00. The van der Waals surface area contributed by atoms with E-state index in [0.717, 1.165) is 25.9 Å². The third-order valence-corrected chi connectivity index (χ3v) is 5.65. The summed E-state index contributed by atoms with van der Waals surface area (Å²) in [5, 5.41) is 11.6. The molecule has 4 heterocycles. The molecule has 0 bridgehead atoms. The van der Waals surface area contributed by atoms with Gasteiger partial charge in [-0.25, -0.2) is 0 Å². The van der Waals surface area contributed by atoms with E-state index in [4.69, 9.17) is 0 Å². The molecule has 1 amide bonds. The Hall–Kier alpha value is -2.68. The van der Waals surface area contributed by atoms with Crippen molar-refractivity contribution >= 4 is 23.2 Å². The standard InChI is InChI=1S/C19H26N6O3/c26-17(22-8-4-1-2-5-9-22)15-21-11-13-23(14-12-21)18-19(25(27)28)24-10-6-3-7-16(24)20-18/h3,6-7,10H,1-2,4-5,8-9,11-15H2. The Morgan fingerprint density at radius 2 is 1.75 bits per heavy atom. The van der Waals surface area contributed by atoms with E-state index in [0.29, 0.717) is 44.2 Å². The lowest BCUT2D eigenvalue weighted by Gasteiger charge is -2.35. The number of hydrogen-bond donors (Lipinski definition) is 0. The lowest BCUT2D eigenvalue weighted by molar-refractivity contribution is -0.389. The molecule has 0 aliphatic carbocycles. The van der Waals surface area contributed by atoms with Crippen molar-refractivity contribution in [1.82, 2.24) is 19.2 Å². The van der Waals surface area contributed by atoms with Gasteiger partial charge in [-0.3, -0.25) is 9.69 Å². The quantitative estimate of drug-likeness (QED) is 0.588. The summed E-state index contributed by atoms with van der Waals surface area (Å²) in [5.41, 5.74) is 0.572. The van der Waals surface area contributed by atoms with Gasteiger partial charge in [0.2, 0.25) is 17.4 Å². The van der Waals surface area contributed by atoms with Gasteiger partial charge in [0.1, 0.15) is 0 Å². The molecule has 4 rings (SSSR count). The minimum atomic E-state index is -0.370. The number of rotatable bonds is 4. The predicted octanol–water partition coefficient (Wildman–Crippen LogP) is 1.77. The SMILES string of the molecule is O=C(CN1CCN(c2nc3ccccn3c2[N+](=O)[O-])CC1)N1CCCCCC1. The van der Waals surface area contributed by atoms with Crippen LogP contribution in [-0.2, 0) is 4.79 Å². The van der Waals surface area contributed by atoms with Crippen LogP contribution in [0.4, 0.5) is 11.6 Å². The molecule has 0 unspecified atom stereocenters. The highest BCUT2D eigenvalue weighted by molar-refractivity contribution is 5.78. The Balaban J connectivity index is 1.40. The number of carbonyl (C=O) groups is 1. The minimum absolute atomic E-state index is 0.00435. The van der Waals surface area contributed by atoms with Crippen molar-refractivity contribution in [2.75, 3.05) is 50.7 Å². The minimum Gasteiger partial charge on any atom is -0.358 e. The summed E-state index contributed by atoms with van der Waals surface area (Å²) in [7, 11) is 0. The van der Waals surface area contributed by atoms with Gasteiger partial charge >= 0.3 is 5.82 Å². The van der Waals surface area contributed by atoms with Crippen LogP contribution >= 0.6 is 0 Å². The fourth-order valence-electron chi connectivity index (χ4n) is 4.08. The third-order valence-electron chi connectivity index (χ3n) is 5.65. The number of nitro groups is 1. The molecule has 2 aromatic heterocycles. The Kier molecular flexibility index (Phi) is 5.43. The molecule has 2 fully saturated rings. The van der Waals surface area contributed by atoms with Crippen LogP contribution in [-0.4, -0.2) is 75.8 Å². The second-order valence-electron chi connectivity index (χ2n) is 7.50. The summed E-state index contributed by atoms with van der Waals surface area (Å²) in [6.45, 7) is 4.81. The summed E-state index contributed by atoms with van der Waals surface area (Å²) in [6.07, 6.45) is 6.27. The normalized spacial score (nSPS) is 19.0. The molecule has 2 saturated heterocycles. The molecule has 2 aliphatic rings. The maximum absolute atomic E-state index is 12.6. The number of imidazole rings is 1. The smallest absolute Gasteiger partial charge is 0.358 e. The summed E-state index contributed by atoms with van der Waals surface area (Å²) < 4.78 is 1.52. The van der Waals surface area contributed by atoms with Crippen molar-refractivity contribution in [3.63, 3.8) is 0 Å². The van der Waals surface area contributed by atoms with Gasteiger partial charge in [0, 0.05) is 45.3 Å². The van der Waals surface area contributed by atoms with E-state index in [2.05, 4.69) is 9.88 Å². The fraction of sp³-hybridized carbons (Fsp3) is 0.579. The average Bonchev–Trinajstić information content (AvgIpc) is 2.88. The maximum Gasteiger partial charge on any atom is 0.372 e. The van der Waals surface area contributed by atoms with Crippen molar-refractivity contribution < 1.29 is 9.72 Å². The number of amides is 1. The predicted molar refractivity (Wildman–Crippen MR) is 106 cm³/mol. The molecule has 2 aromatic rings. The zero-order chi connectivity index (χ0) is 19.5. The Labute approximate surface area is 163 Å². The van der Waals surface area contributed by atoms with E-state index in [1.165, 1.54) is 17.2 Å². The van der Waals surface area contributed by atoms with Crippen molar-refractivity contribution in [2.24, 2.45) is 0 Å². The highest BCUT2D eigenvalue weighted by atomic mass is 16.6. The van der Waals surface area contributed by atoms with Crippen LogP contribution in [0.3, 0.4) is 0 Å². The molecule has 0 radical (unpaired) electrons. The molecule has 0 aromatic carbocycles. The highest BCUT2D eigenvalue weighted by Gasteiger charge is 2.30. The molecule has 9 nitrogen and oxygen atoms in total. The molecule has 0 spiro atoms. The van der Waals surface area contributed by atoms with Crippen LogP contribution in [0.25, 0.3) is 5.65 Å². The van der Waals surface area contributed by atoms with Crippen LogP contribution < -0.4 is 4.90 Å². The first-order chi connectivity index (χ1) is 13.6. The number of nitrogens with zero attached hydrogens (tertiary/aromatic N) is 6. The van der Waals surface area contributed by atoms with Crippen molar-refractivity contribution in [3.05, 3.63) is 34.5 Å². The van der Waals surface area contributed by atoms with E-state index in [1.807, 2.05) is 15.9 Å². The molecular weight excluding hydrogens is 360 g/mol. The van der Waals surface area contributed by atoms with Crippen molar-refractivity contribution in [1.29, 1.82) is 0 Å². The molecule has 9 heteroatoms. The number of aromatic nitrogens is 2. The second kappa shape index (κ2) is 8.14. The van der Waals surface area contributed by atoms with Gasteiger partial charge in [-0.2, -0.15) is 9.38 Å². The van der Waals surface area contributed by atoms with Gasteiger partial charge in [-0.15, -0.1) is 0 Å². The van der Waals surface area contributed by atoms with Crippen LogP contribution in [0.15, 0.2) is 24.4 Å². The van der Waals surface area contributed by atoms with E-state index in [9.17, 15) is 14.9 Å². The Morgan fingerprint density at radius 3 is 2.43 bits per heavy atom. The first-order valence-electron chi connectivity index (χ1n) is 10.00. The molecule has 0 N–H and O–H groups in total. The van der Waals surface area contributed by atoms with Gasteiger partial charge in [-0.1, -0.05) is 18.9 Å². The van der Waals surface area contributed by atoms with Crippen molar-refractivity contribution in [3.8, 4) is 0 Å². The zero-order valence-corrected chi connectivity index (χ0v) is 16.0. The highest BCUT2D eigenvalue weighted by Crippen LogP contribution is 2.29. The Bertz CT molecular complexity index is 850. The summed E-state index contributed by atoms with van der Waals surface area (Å²) in [6, 6.07) is 5.35. The van der Waals surface area contributed by atoms with E-state index >= 15 is 0 Å². The Morgan fingerprint density at radius 1 is 1.04 bits per heavy atom. The van der Waals surface area contributed by atoms with E-state index < -0.39 is 0 Å². The molecular formula is C19H26N6O3. The molecule has 2 aliphatic heterocycles. The van der Waals surface area contributed by atoms with Gasteiger partial charge in [0.25, 0.3) is 0 Å². The van der Waals surface area contributed by atoms with E-state index in [-0.39, 0.29) is 16.6 Å². The molecule has 28 heavy (non-hydrogen) atoms. The number of carbonyl (C=O) groups excluding carboxylic acids is 1. The molecule has 0 saturated carbocycles. The maximum atomic E-state index is 12.6. The summed E-state index contributed by atoms with van der Waals surface area (Å²) in [4.78, 5) is 34.4. The van der Waals surface area contributed by atoms with Crippen LogP contribution in [0.5, 0.6) is 0 Å². The van der Waals surface area contributed by atoms with Crippen LogP contribution in [0.1, 0.15) is 25.7 Å². The fourth-order valence-corrected chi connectivity index (χ4v) is 4.08. The monoisotopic (exact) mass is 386 g/mol. The van der Waals surface area contributed by atoms with Crippen LogP contribution in [0.2, 0.25) is 0 Å². The number of piperazine rings is 1. The first kappa shape index (κ1) is 18.7. The number of pyridine rings is 1. The number of likely N-dealkylation sites (tertiary alicyclic amines) is 1. The average molecular weight is 386 g/mol. The zero-order valence-electron chi connectivity index (χ0n) is 16.0. The van der Waals surface area contributed by atoms with Gasteiger partial charge < -0.3 is 19.9 Å². The van der Waals surface area contributed by atoms with E-state index in [1.54, 1.807) is 18.3 Å². The number of hydrogen-bond acceptors (Lipinski definition) is 6.